The van der Waals surface area contributed by atoms with E-state index < -0.39 is 0 Å². The molecule has 2 heterocycles. The molecule has 2 aliphatic heterocycles. The fraction of sp³-hybridized carbons (Fsp3) is 0.889. The summed E-state index contributed by atoms with van der Waals surface area (Å²) in [4.78, 5) is 0. The largest absolute Gasteiger partial charge is 0.395 e. The Bertz CT molecular complexity index is 246. The second kappa shape index (κ2) is 4.78. The third-order valence-electron chi connectivity index (χ3n) is 2.99. The smallest absolute Gasteiger partial charge is 0.144 e. The predicted molar refractivity (Wildman–Crippen MR) is 55.6 cm³/mol. The van der Waals surface area contributed by atoms with Gasteiger partial charge in [-0.3, -0.25) is 5.01 Å². The van der Waals surface area contributed by atoms with Gasteiger partial charge < -0.3 is 15.6 Å². The molecule has 1 saturated heterocycles. The summed E-state index contributed by atoms with van der Waals surface area (Å²) in [6.45, 7) is 1.49. The minimum Gasteiger partial charge on any atom is -0.395 e. The van der Waals surface area contributed by atoms with E-state index >= 15 is 0 Å². The molecular formula is C9H18N4O2. The number of amidine groups is 1. The van der Waals surface area contributed by atoms with Crippen molar-refractivity contribution in [3.63, 3.8) is 0 Å². The van der Waals surface area contributed by atoms with Crippen molar-refractivity contribution in [2.45, 2.75) is 31.3 Å². The van der Waals surface area contributed by atoms with E-state index in [4.69, 9.17) is 10.3 Å². The zero-order valence-electron chi connectivity index (χ0n) is 8.69. The first kappa shape index (κ1) is 10.7. The van der Waals surface area contributed by atoms with E-state index in [1.807, 2.05) is 5.01 Å². The molecule has 6 heteroatoms. The number of hydrazone groups is 1. The zero-order valence-corrected chi connectivity index (χ0v) is 8.69. The van der Waals surface area contributed by atoms with Gasteiger partial charge in [-0.05, 0) is 19.3 Å². The van der Waals surface area contributed by atoms with Crippen LogP contribution in [0.2, 0.25) is 0 Å². The number of hydroxylamine groups is 1. The summed E-state index contributed by atoms with van der Waals surface area (Å²) in [5.74, 6) is 0.735. The number of piperidine rings is 1. The highest BCUT2D eigenvalue weighted by molar-refractivity contribution is 5.89. The van der Waals surface area contributed by atoms with E-state index in [0.29, 0.717) is 6.54 Å². The van der Waals surface area contributed by atoms with Gasteiger partial charge in [-0.1, -0.05) is 0 Å². The maximum Gasteiger partial charge on any atom is 0.144 e. The summed E-state index contributed by atoms with van der Waals surface area (Å²) in [7, 11) is 0. The molecule has 15 heavy (non-hydrogen) atoms. The Labute approximate surface area is 88.9 Å². The highest BCUT2D eigenvalue weighted by Gasteiger charge is 2.38. The Morgan fingerprint density at radius 3 is 3.07 bits per heavy atom. The molecule has 0 aromatic rings. The summed E-state index contributed by atoms with van der Waals surface area (Å²) in [6.07, 6.45) is 3.39. The van der Waals surface area contributed by atoms with Crippen LogP contribution in [-0.4, -0.2) is 52.9 Å². The van der Waals surface area contributed by atoms with Crippen molar-refractivity contribution >= 4 is 5.84 Å². The Kier molecular flexibility index (Phi) is 3.40. The lowest BCUT2D eigenvalue weighted by atomic mass is 9.98. The average Bonchev–Trinajstić information content (AvgIpc) is 2.63. The monoisotopic (exact) mass is 214 g/mol. The maximum atomic E-state index is 9.11. The van der Waals surface area contributed by atoms with Crippen molar-refractivity contribution < 1.29 is 10.3 Å². The number of aliphatic hydroxyl groups excluding tert-OH is 1. The highest BCUT2D eigenvalue weighted by atomic mass is 16.5. The molecule has 0 aliphatic carbocycles. The van der Waals surface area contributed by atoms with Gasteiger partial charge in [0.2, 0.25) is 0 Å². The van der Waals surface area contributed by atoms with Gasteiger partial charge in [-0.15, -0.1) is 0 Å². The lowest BCUT2D eigenvalue weighted by Crippen LogP contribution is -2.50. The van der Waals surface area contributed by atoms with Gasteiger partial charge in [-0.2, -0.15) is 10.6 Å². The molecule has 2 atom stereocenters. The predicted octanol–water partition coefficient (Wildman–Crippen LogP) is -0.903. The summed E-state index contributed by atoms with van der Waals surface area (Å²) in [6, 6.07) is 0.113. The second-order valence-electron chi connectivity index (χ2n) is 3.97. The Hall–Kier alpha value is -0.850. The number of rotatable bonds is 3. The summed E-state index contributed by atoms with van der Waals surface area (Å²) >= 11 is 0. The first-order valence-corrected chi connectivity index (χ1v) is 5.46. The van der Waals surface area contributed by atoms with E-state index in [1.165, 1.54) is 6.42 Å². The minimum atomic E-state index is -0.142. The van der Waals surface area contributed by atoms with Gasteiger partial charge >= 0.3 is 0 Å². The average molecular weight is 214 g/mol. The SMILES string of the molecule is OCCNC1=NN2CCCCC2C1NO. The fourth-order valence-electron chi connectivity index (χ4n) is 2.26. The third kappa shape index (κ3) is 2.06. The van der Waals surface area contributed by atoms with Crippen molar-refractivity contribution in [3.05, 3.63) is 0 Å². The molecule has 0 aromatic heterocycles. The molecule has 4 N–H and O–H groups in total. The number of aliphatic hydroxyl groups is 1. The van der Waals surface area contributed by atoms with Crippen LogP contribution in [-0.2, 0) is 0 Å². The zero-order chi connectivity index (χ0) is 10.7. The van der Waals surface area contributed by atoms with Gasteiger partial charge in [0.05, 0.1) is 12.6 Å². The minimum absolute atomic E-state index is 0.0713. The molecular weight excluding hydrogens is 196 g/mol. The first-order valence-electron chi connectivity index (χ1n) is 5.46. The molecule has 0 radical (unpaired) electrons. The lowest BCUT2D eigenvalue weighted by molar-refractivity contribution is 0.0868. The van der Waals surface area contributed by atoms with E-state index in [1.54, 1.807) is 0 Å². The van der Waals surface area contributed by atoms with Gasteiger partial charge in [-0.25, -0.2) is 0 Å². The molecule has 2 unspecified atom stereocenters. The maximum absolute atomic E-state index is 9.11. The Balaban J connectivity index is 2.01. The van der Waals surface area contributed by atoms with Crippen LogP contribution in [0.4, 0.5) is 0 Å². The molecule has 0 amide bonds. The van der Waals surface area contributed by atoms with Crippen molar-refractivity contribution in [1.82, 2.24) is 15.8 Å². The first-order chi connectivity index (χ1) is 7.36. The number of fused-ring (bicyclic) bond motifs is 1. The van der Waals surface area contributed by atoms with E-state index in [-0.39, 0.29) is 18.7 Å². The van der Waals surface area contributed by atoms with Crippen LogP contribution in [0.25, 0.3) is 0 Å². The molecule has 2 aliphatic rings. The van der Waals surface area contributed by atoms with Crippen LogP contribution in [0.15, 0.2) is 5.10 Å². The normalized spacial score (nSPS) is 30.0. The topological polar surface area (TPSA) is 80.1 Å². The van der Waals surface area contributed by atoms with E-state index in [2.05, 4.69) is 15.9 Å². The van der Waals surface area contributed by atoms with Crippen LogP contribution >= 0.6 is 0 Å². The van der Waals surface area contributed by atoms with Crippen molar-refractivity contribution in [2.24, 2.45) is 5.10 Å². The van der Waals surface area contributed by atoms with Gasteiger partial charge in [0.25, 0.3) is 0 Å². The molecule has 0 bridgehead atoms. The van der Waals surface area contributed by atoms with E-state index in [9.17, 15) is 0 Å². The number of nitrogens with zero attached hydrogens (tertiary/aromatic N) is 2. The lowest BCUT2D eigenvalue weighted by Gasteiger charge is -2.30. The Morgan fingerprint density at radius 1 is 1.47 bits per heavy atom. The van der Waals surface area contributed by atoms with Gasteiger partial charge in [0.15, 0.2) is 0 Å². The van der Waals surface area contributed by atoms with Crippen LogP contribution in [0.1, 0.15) is 19.3 Å². The van der Waals surface area contributed by atoms with Crippen molar-refractivity contribution in [1.29, 1.82) is 0 Å². The standard InChI is InChI=1S/C9H18N4O2/c14-6-4-10-9-8(12-15)7-3-1-2-5-13(7)11-9/h7-8,12,14-15H,1-6H2,(H,10,11). The van der Waals surface area contributed by atoms with Gasteiger partial charge in [0.1, 0.15) is 11.9 Å². The molecule has 2 rings (SSSR count). The fourth-order valence-corrected chi connectivity index (χ4v) is 2.26. The molecule has 0 spiro atoms. The quantitative estimate of drug-likeness (QED) is 0.458. The van der Waals surface area contributed by atoms with Gasteiger partial charge in [0, 0.05) is 13.1 Å². The number of nitrogens with one attached hydrogen (secondary N) is 2. The summed E-state index contributed by atoms with van der Waals surface area (Å²) in [5, 5.41) is 27.3. The number of hydrogen-bond acceptors (Lipinski definition) is 6. The molecule has 0 saturated carbocycles. The number of hydrogen-bond donors (Lipinski definition) is 4. The molecule has 0 aromatic carbocycles. The summed E-state index contributed by atoms with van der Waals surface area (Å²) < 4.78 is 0. The molecule has 1 fully saturated rings. The molecule has 6 nitrogen and oxygen atoms in total. The van der Waals surface area contributed by atoms with Crippen LogP contribution in [0.5, 0.6) is 0 Å². The summed E-state index contributed by atoms with van der Waals surface area (Å²) in [5.41, 5.74) is 2.31. The van der Waals surface area contributed by atoms with Crippen LogP contribution in [0, 0.1) is 0 Å². The third-order valence-corrected chi connectivity index (χ3v) is 2.99. The second-order valence-corrected chi connectivity index (χ2v) is 3.97. The van der Waals surface area contributed by atoms with Crippen molar-refractivity contribution in [3.8, 4) is 0 Å². The molecule has 86 valence electrons. The van der Waals surface area contributed by atoms with Crippen LogP contribution < -0.4 is 10.8 Å². The Morgan fingerprint density at radius 2 is 2.33 bits per heavy atom. The van der Waals surface area contributed by atoms with E-state index in [0.717, 1.165) is 25.2 Å². The highest BCUT2D eigenvalue weighted by Crippen LogP contribution is 2.24. The van der Waals surface area contributed by atoms with Crippen LogP contribution in [0.3, 0.4) is 0 Å². The van der Waals surface area contributed by atoms with Crippen molar-refractivity contribution in [2.75, 3.05) is 19.7 Å².